The molecule has 0 N–H and O–H groups in total. The second-order valence-electron chi connectivity index (χ2n) is 10.8. The first-order chi connectivity index (χ1) is 18.9. The van der Waals surface area contributed by atoms with Gasteiger partial charge >= 0.3 is 5.69 Å². The molecule has 10 nitrogen and oxygen atoms in total. The fourth-order valence-electron chi connectivity index (χ4n) is 5.60. The molecule has 6 rings (SSSR count). The average Bonchev–Trinajstić information content (AvgIpc) is 3.69. The number of pyridine rings is 1. The highest BCUT2D eigenvalue weighted by Gasteiger charge is 2.40. The summed E-state index contributed by atoms with van der Waals surface area (Å²) in [4.78, 5) is 31.3. The lowest BCUT2D eigenvalue weighted by Gasteiger charge is -2.48. The van der Waals surface area contributed by atoms with Crippen molar-refractivity contribution in [1.29, 1.82) is 5.26 Å². The molecule has 1 unspecified atom stereocenters. The third-order valence-corrected chi connectivity index (χ3v) is 8.04. The number of hydrogen-bond donors (Lipinski definition) is 0. The third kappa shape index (κ3) is 4.57. The number of piperazine rings is 1. The van der Waals surface area contributed by atoms with Gasteiger partial charge in [0.25, 0.3) is 0 Å². The van der Waals surface area contributed by atoms with E-state index in [0.29, 0.717) is 47.4 Å². The summed E-state index contributed by atoms with van der Waals surface area (Å²) in [5, 5.41) is 13.8. The summed E-state index contributed by atoms with van der Waals surface area (Å²) >= 11 is 0. The molecule has 39 heavy (non-hydrogen) atoms. The lowest BCUT2D eigenvalue weighted by atomic mass is 9.96. The maximum atomic E-state index is 12.8. The van der Waals surface area contributed by atoms with Crippen LogP contribution < -0.4 is 10.6 Å². The van der Waals surface area contributed by atoms with Gasteiger partial charge < -0.3 is 9.42 Å². The van der Waals surface area contributed by atoms with Gasteiger partial charge in [-0.25, -0.2) is 9.78 Å². The van der Waals surface area contributed by atoms with Crippen molar-refractivity contribution < 1.29 is 4.52 Å². The minimum absolute atomic E-state index is 0.00178. The average molecular weight is 525 g/mol. The number of rotatable bonds is 6. The first-order valence-electron chi connectivity index (χ1n) is 13.6. The fraction of sp³-hybridized carbons (Fsp3) is 0.448. The van der Waals surface area contributed by atoms with Gasteiger partial charge in [0.1, 0.15) is 23.3 Å². The van der Waals surface area contributed by atoms with Crippen LogP contribution in [0.15, 0.2) is 45.7 Å². The Morgan fingerprint density at radius 1 is 1.10 bits per heavy atom. The molecular formula is C29H32N8O2. The predicted molar refractivity (Wildman–Crippen MR) is 146 cm³/mol. The van der Waals surface area contributed by atoms with E-state index in [4.69, 9.17) is 9.51 Å². The maximum Gasteiger partial charge on any atom is 0.349 e. The van der Waals surface area contributed by atoms with Crippen LogP contribution in [-0.4, -0.2) is 54.7 Å². The molecule has 0 spiro atoms. The molecule has 0 amide bonds. The largest absolute Gasteiger partial charge is 0.349 e. The standard InChI is InChI=1S/C29H32N8O2/c1-5-22-16-36(27-24-23(35(4)29(38)33-27)13-12-21(14-30)31-24)18(3)15-37(22)25(19-8-6-17(2)7-9-19)28-32-26(34-39-28)20-10-11-20/h6-9,12-13,18,20,22,25H,5,10-11,15-16H2,1-4H3/t18-,22+,25?/m0/s1. The summed E-state index contributed by atoms with van der Waals surface area (Å²) < 4.78 is 7.38. The van der Waals surface area contributed by atoms with Gasteiger partial charge in [-0.2, -0.15) is 15.2 Å². The van der Waals surface area contributed by atoms with Gasteiger partial charge in [-0.3, -0.25) is 9.47 Å². The van der Waals surface area contributed by atoms with E-state index in [1.54, 1.807) is 19.2 Å². The van der Waals surface area contributed by atoms with Gasteiger partial charge in [0.15, 0.2) is 11.6 Å². The molecule has 2 fully saturated rings. The van der Waals surface area contributed by atoms with Gasteiger partial charge in [0, 0.05) is 38.1 Å². The van der Waals surface area contributed by atoms with Crippen molar-refractivity contribution in [2.75, 3.05) is 18.0 Å². The molecule has 1 saturated carbocycles. The van der Waals surface area contributed by atoms with Crippen LogP contribution in [0.4, 0.5) is 5.82 Å². The predicted octanol–water partition coefficient (Wildman–Crippen LogP) is 3.85. The fourth-order valence-corrected chi connectivity index (χ4v) is 5.60. The van der Waals surface area contributed by atoms with E-state index in [0.717, 1.165) is 30.7 Å². The molecule has 4 heterocycles. The SMILES string of the molecule is CC[C@@H]1CN(c2nc(=O)n(C)c3ccc(C#N)nc23)[C@@H](C)CN1C(c1ccc(C)cc1)c1nc(C2CC2)no1. The van der Waals surface area contributed by atoms with Crippen molar-refractivity contribution in [3.05, 3.63) is 75.4 Å². The molecule has 0 radical (unpaired) electrons. The number of nitrogens with zero attached hydrogens (tertiary/aromatic N) is 8. The number of benzene rings is 1. The van der Waals surface area contributed by atoms with Crippen LogP contribution in [0.5, 0.6) is 0 Å². The molecule has 1 aliphatic heterocycles. The highest BCUT2D eigenvalue weighted by molar-refractivity contribution is 5.86. The zero-order chi connectivity index (χ0) is 27.3. The molecule has 0 bridgehead atoms. The maximum absolute atomic E-state index is 12.8. The summed E-state index contributed by atoms with van der Waals surface area (Å²) in [6.45, 7) is 7.71. The van der Waals surface area contributed by atoms with E-state index in [1.807, 2.05) is 0 Å². The second-order valence-corrected chi connectivity index (χ2v) is 10.8. The van der Waals surface area contributed by atoms with E-state index in [1.165, 1.54) is 10.1 Å². The summed E-state index contributed by atoms with van der Waals surface area (Å²) in [5.74, 6) is 2.36. The minimum atomic E-state index is -0.345. The zero-order valence-corrected chi connectivity index (χ0v) is 22.7. The molecule has 2 aliphatic rings. The van der Waals surface area contributed by atoms with Crippen molar-refractivity contribution in [2.24, 2.45) is 7.05 Å². The van der Waals surface area contributed by atoms with Gasteiger partial charge in [0.05, 0.1) is 5.52 Å². The van der Waals surface area contributed by atoms with Crippen LogP contribution in [0.3, 0.4) is 0 Å². The second kappa shape index (κ2) is 9.89. The molecule has 3 aromatic heterocycles. The summed E-state index contributed by atoms with van der Waals surface area (Å²) in [6.07, 6.45) is 3.09. The monoisotopic (exact) mass is 524 g/mol. The van der Waals surface area contributed by atoms with Crippen LogP contribution in [0.1, 0.15) is 73.6 Å². The smallest absolute Gasteiger partial charge is 0.349 e. The Labute approximate surface area is 226 Å². The Morgan fingerprint density at radius 2 is 1.87 bits per heavy atom. The number of aromatic nitrogens is 5. The molecule has 200 valence electrons. The molecule has 4 aromatic rings. The van der Waals surface area contributed by atoms with Crippen LogP contribution in [0.25, 0.3) is 11.0 Å². The zero-order valence-electron chi connectivity index (χ0n) is 22.7. The van der Waals surface area contributed by atoms with Crippen LogP contribution in [0.2, 0.25) is 0 Å². The Bertz CT molecular complexity index is 1620. The molecule has 10 heteroatoms. The Balaban J connectivity index is 1.40. The molecule has 3 atom stereocenters. The highest BCUT2D eigenvalue weighted by Crippen LogP contribution is 2.40. The first-order valence-corrected chi connectivity index (χ1v) is 13.6. The lowest BCUT2D eigenvalue weighted by molar-refractivity contribution is 0.0973. The van der Waals surface area contributed by atoms with Crippen molar-refractivity contribution in [3.63, 3.8) is 0 Å². The van der Waals surface area contributed by atoms with Crippen molar-refractivity contribution >= 4 is 16.9 Å². The Hall–Kier alpha value is -4.10. The number of aryl methyl sites for hydroxylation is 2. The van der Waals surface area contributed by atoms with Crippen LogP contribution >= 0.6 is 0 Å². The van der Waals surface area contributed by atoms with Gasteiger partial charge in [-0.1, -0.05) is 41.9 Å². The quantitative estimate of drug-likeness (QED) is 0.371. The van der Waals surface area contributed by atoms with E-state index >= 15 is 0 Å². The lowest BCUT2D eigenvalue weighted by Crippen LogP contribution is -2.58. The van der Waals surface area contributed by atoms with E-state index in [2.05, 4.69) is 76.0 Å². The molecule has 1 aliphatic carbocycles. The van der Waals surface area contributed by atoms with Crippen molar-refractivity contribution in [1.82, 2.24) is 29.6 Å². The highest BCUT2D eigenvalue weighted by atomic mass is 16.5. The summed E-state index contributed by atoms with van der Waals surface area (Å²) in [5.41, 5.74) is 3.48. The van der Waals surface area contributed by atoms with Crippen molar-refractivity contribution in [3.8, 4) is 6.07 Å². The normalized spacial score (nSPS) is 20.7. The number of nitriles is 1. The Morgan fingerprint density at radius 3 is 2.56 bits per heavy atom. The van der Waals surface area contributed by atoms with Crippen LogP contribution in [-0.2, 0) is 7.05 Å². The first kappa shape index (κ1) is 25.2. The molecular weight excluding hydrogens is 492 g/mol. The van der Waals surface area contributed by atoms with Gasteiger partial charge in [0.2, 0.25) is 5.89 Å². The molecule has 1 saturated heterocycles. The van der Waals surface area contributed by atoms with Crippen molar-refractivity contribution in [2.45, 2.75) is 64.1 Å². The van der Waals surface area contributed by atoms with E-state index < -0.39 is 0 Å². The number of fused-ring (bicyclic) bond motifs is 1. The molecule has 1 aromatic carbocycles. The summed E-state index contributed by atoms with van der Waals surface area (Å²) in [7, 11) is 1.68. The number of hydrogen-bond acceptors (Lipinski definition) is 9. The van der Waals surface area contributed by atoms with Crippen LogP contribution in [0, 0.1) is 18.3 Å². The van der Waals surface area contributed by atoms with E-state index in [9.17, 15) is 10.1 Å². The van der Waals surface area contributed by atoms with Gasteiger partial charge in [-0.15, -0.1) is 0 Å². The Kier molecular flexibility index (Phi) is 6.39. The van der Waals surface area contributed by atoms with E-state index in [-0.39, 0.29) is 23.8 Å². The minimum Gasteiger partial charge on any atom is -0.349 e. The number of anilines is 1. The van der Waals surface area contributed by atoms with Gasteiger partial charge in [-0.05, 0) is 50.8 Å². The topological polar surface area (TPSA) is 117 Å². The summed E-state index contributed by atoms with van der Waals surface area (Å²) in [6, 6.07) is 14.0. The third-order valence-electron chi connectivity index (χ3n) is 8.04.